The van der Waals surface area contributed by atoms with E-state index in [-0.39, 0.29) is 0 Å². The molecule has 0 bridgehead atoms. The van der Waals surface area contributed by atoms with Crippen LogP contribution in [-0.4, -0.2) is 16.4 Å². The number of halogens is 3. The maximum atomic E-state index is 5.94. The maximum absolute atomic E-state index is 5.94. The molecular formula is C12H11Cl3N2O. The van der Waals surface area contributed by atoms with Crippen LogP contribution in [-0.2, 0) is 3.79 Å². The van der Waals surface area contributed by atoms with Crippen molar-refractivity contribution in [2.24, 2.45) is 0 Å². The van der Waals surface area contributed by atoms with E-state index in [9.17, 15) is 0 Å². The zero-order chi connectivity index (χ0) is 13.2. The van der Waals surface area contributed by atoms with E-state index in [0.717, 1.165) is 5.69 Å². The highest BCUT2D eigenvalue weighted by Gasteiger charge is 2.29. The minimum absolute atomic E-state index is 0.433. The molecule has 0 unspecified atom stereocenters. The number of hydrogen-bond donors (Lipinski definition) is 0. The van der Waals surface area contributed by atoms with E-state index in [2.05, 4.69) is 5.10 Å². The van der Waals surface area contributed by atoms with Crippen LogP contribution in [0.5, 0.6) is 5.88 Å². The Bertz CT molecular complexity index is 520. The number of para-hydroxylation sites is 1. The minimum Gasteiger partial charge on any atom is -0.477 e. The summed E-state index contributed by atoms with van der Waals surface area (Å²) in [5.41, 5.74) is 1.26. The van der Waals surface area contributed by atoms with Crippen LogP contribution in [0.4, 0.5) is 0 Å². The van der Waals surface area contributed by atoms with Crippen molar-refractivity contribution in [3.8, 4) is 11.6 Å². The van der Waals surface area contributed by atoms with Gasteiger partial charge in [0.2, 0.25) is 9.67 Å². The molecule has 3 nitrogen and oxygen atoms in total. The third-order valence-electron chi connectivity index (χ3n) is 2.27. The van der Waals surface area contributed by atoms with Crippen LogP contribution >= 0.6 is 34.8 Å². The second-order valence-corrected chi connectivity index (χ2v) is 5.83. The Balaban J connectivity index is 2.51. The van der Waals surface area contributed by atoms with Gasteiger partial charge in [0, 0.05) is 6.07 Å². The molecule has 1 heterocycles. The average Bonchev–Trinajstić information content (AvgIpc) is 2.75. The summed E-state index contributed by atoms with van der Waals surface area (Å²) >= 11 is 17.8. The highest BCUT2D eigenvalue weighted by Crippen LogP contribution is 2.40. The monoisotopic (exact) mass is 304 g/mol. The molecular weight excluding hydrogens is 295 g/mol. The molecule has 0 fully saturated rings. The Morgan fingerprint density at radius 2 is 1.89 bits per heavy atom. The molecule has 1 aromatic heterocycles. The molecule has 2 rings (SSSR count). The van der Waals surface area contributed by atoms with E-state index in [1.54, 1.807) is 10.7 Å². The van der Waals surface area contributed by atoms with E-state index in [1.165, 1.54) is 0 Å². The summed E-state index contributed by atoms with van der Waals surface area (Å²) in [5.74, 6) is 0.433. The molecule has 0 radical (unpaired) electrons. The Labute approximate surface area is 120 Å². The minimum atomic E-state index is -1.56. The van der Waals surface area contributed by atoms with Gasteiger partial charge in [-0.2, -0.15) is 0 Å². The van der Waals surface area contributed by atoms with Crippen LogP contribution in [0.1, 0.15) is 12.6 Å². The number of rotatable bonds is 3. The maximum Gasteiger partial charge on any atom is 0.233 e. The van der Waals surface area contributed by atoms with Gasteiger partial charge in [-0.3, -0.25) is 0 Å². The van der Waals surface area contributed by atoms with Gasteiger partial charge in [0.25, 0.3) is 0 Å². The lowest BCUT2D eigenvalue weighted by molar-refractivity contribution is 0.324. The van der Waals surface area contributed by atoms with Crippen molar-refractivity contribution in [3.05, 3.63) is 42.1 Å². The summed E-state index contributed by atoms with van der Waals surface area (Å²) in [6, 6.07) is 11.1. The van der Waals surface area contributed by atoms with Crippen molar-refractivity contribution in [2.75, 3.05) is 6.61 Å². The van der Waals surface area contributed by atoms with Crippen LogP contribution in [0.3, 0.4) is 0 Å². The van der Waals surface area contributed by atoms with E-state index >= 15 is 0 Å². The van der Waals surface area contributed by atoms with Gasteiger partial charge < -0.3 is 4.74 Å². The predicted octanol–water partition coefficient (Wildman–Crippen LogP) is 4.10. The second kappa shape index (κ2) is 5.39. The SMILES string of the molecule is CCOc1cc(C(Cl)(Cl)Cl)n(-c2ccccc2)n1. The van der Waals surface area contributed by atoms with Crippen molar-refractivity contribution < 1.29 is 4.74 Å². The number of nitrogens with zero attached hydrogens (tertiary/aromatic N) is 2. The topological polar surface area (TPSA) is 27.1 Å². The Morgan fingerprint density at radius 1 is 1.22 bits per heavy atom. The van der Waals surface area contributed by atoms with Crippen LogP contribution in [0.2, 0.25) is 0 Å². The van der Waals surface area contributed by atoms with Crippen molar-refractivity contribution in [2.45, 2.75) is 10.7 Å². The van der Waals surface area contributed by atoms with E-state index in [1.807, 2.05) is 37.3 Å². The molecule has 2 aromatic rings. The van der Waals surface area contributed by atoms with Crippen LogP contribution < -0.4 is 4.74 Å². The zero-order valence-electron chi connectivity index (χ0n) is 9.61. The quantitative estimate of drug-likeness (QED) is 0.798. The van der Waals surface area contributed by atoms with Gasteiger partial charge in [0.1, 0.15) is 0 Å². The Morgan fingerprint density at radius 3 is 2.44 bits per heavy atom. The number of ether oxygens (including phenoxy) is 1. The van der Waals surface area contributed by atoms with Gasteiger partial charge in [0.05, 0.1) is 18.0 Å². The second-order valence-electron chi connectivity index (χ2n) is 3.55. The molecule has 6 heteroatoms. The van der Waals surface area contributed by atoms with Crippen molar-refractivity contribution in [3.63, 3.8) is 0 Å². The molecule has 1 aromatic carbocycles. The summed E-state index contributed by atoms with van der Waals surface area (Å²) in [7, 11) is 0. The lowest BCUT2D eigenvalue weighted by Crippen LogP contribution is -2.10. The molecule has 0 aliphatic heterocycles. The number of alkyl halides is 3. The summed E-state index contributed by atoms with van der Waals surface area (Å²) in [5, 5.41) is 4.28. The molecule has 0 aliphatic rings. The third kappa shape index (κ3) is 2.91. The first-order valence-corrected chi connectivity index (χ1v) is 6.51. The standard InChI is InChI=1S/C12H11Cl3N2O/c1-2-18-11-8-10(12(13,14)15)17(16-11)9-6-4-3-5-7-9/h3-8H,2H2,1H3. The van der Waals surface area contributed by atoms with Gasteiger partial charge in [-0.05, 0) is 19.1 Å². The Kier molecular flexibility index (Phi) is 4.05. The summed E-state index contributed by atoms with van der Waals surface area (Å²) in [6.45, 7) is 2.38. The first kappa shape index (κ1) is 13.5. The molecule has 0 N–H and O–H groups in total. The van der Waals surface area contributed by atoms with E-state index < -0.39 is 3.79 Å². The molecule has 0 amide bonds. The Hall–Kier alpha value is -0.900. The molecule has 0 saturated heterocycles. The van der Waals surface area contributed by atoms with Crippen LogP contribution in [0.15, 0.2) is 36.4 Å². The van der Waals surface area contributed by atoms with Crippen molar-refractivity contribution in [1.29, 1.82) is 0 Å². The smallest absolute Gasteiger partial charge is 0.233 e. The summed E-state index contributed by atoms with van der Waals surface area (Å²) < 4.78 is 5.35. The van der Waals surface area contributed by atoms with Crippen molar-refractivity contribution >= 4 is 34.8 Å². The lowest BCUT2D eigenvalue weighted by atomic mass is 10.3. The fourth-order valence-corrected chi connectivity index (χ4v) is 1.95. The fourth-order valence-electron chi connectivity index (χ4n) is 1.55. The number of aromatic nitrogens is 2. The van der Waals surface area contributed by atoms with Gasteiger partial charge in [-0.15, -0.1) is 5.10 Å². The third-order valence-corrected chi connectivity index (χ3v) is 2.85. The van der Waals surface area contributed by atoms with Gasteiger partial charge >= 0.3 is 0 Å². The van der Waals surface area contributed by atoms with E-state index in [4.69, 9.17) is 39.5 Å². The highest BCUT2D eigenvalue weighted by atomic mass is 35.6. The average molecular weight is 306 g/mol. The highest BCUT2D eigenvalue weighted by molar-refractivity contribution is 6.66. The number of benzene rings is 1. The molecule has 0 aliphatic carbocycles. The fraction of sp³-hybridized carbons (Fsp3) is 0.250. The van der Waals surface area contributed by atoms with Gasteiger partial charge in [-0.25, -0.2) is 4.68 Å². The summed E-state index contributed by atoms with van der Waals surface area (Å²) in [4.78, 5) is 0. The molecule has 0 spiro atoms. The summed E-state index contributed by atoms with van der Waals surface area (Å²) in [6.07, 6.45) is 0. The molecule has 18 heavy (non-hydrogen) atoms. The zero-order valence-corrected chi connectivity index (χ0v) is 11.9. The first-order chi connectivity index (χ1) is 8.52. The predicted molar refractivity (Wildman–Crippen MR) is 74.0 cm³/mol. The normalized spacial score (nSPS) is 11.6. The molecule has 96 valence electrons. The van der Waals surface area contributed by atoms with E-state index in [0.29, 0.717) is 18.2 Å². The molecule has 0 saturated carbocycles. The van der Waals surface area contributed by atoms with Gasteiger partial charge in [-0.1, -0.05) is 53.0 Å². The van der Waals surface area contributed by atoms with Crippen molar-refractivity contribution in [1.82, 2.24) is 9.78 Å². The van der Waals surface area contributed by atoms with Crippen LogP contribution in [0, 0.1) is 0 Å². The number of hydrogen-bond acceptors (Lipinski definition) is 2. The van der Waals surface area contributed by atoms with Gasteiger partial charge in [0.15, 0.2) is 0 Å². The lowest BCUT2D eigenvalue weighted by Gasteiger charge is -2.13. The first-order valence-electron chi connectivity index (χ1n) is 5.38. The largest absolute Gasteiger partial charge is 0.477 e. The molecule has 0 atom stereocenters. The van der Waals surface area contributed by atoms with Crippen LogP contribution in [0.25, 0.3) is 5.69 Å².